The van der Waals surface area contributed by atoms with Crippen molar-refractivity contribution in [1.29, 1.82) is 0 Å². The van der Waals surface area contributed by atoms with Crippen LogP contribution in [0.15, 0.2) is 0 Å². The number of amides is 2. The Labute approximate surface area is 95.9 Å². The maximum absolute atomic E-state index is 11.8. The minimum atomic E-state index is -0.989. The monoisotopic (exact) mass is 227 g/mol. The Morgan fingerprint density at radius 2 is 1.94 bits per heavy atom. The highest BCUT2D eigenvalue weighted by Gasteiger charge is 2.39. The molecule has 0 unspecified atom stereocenters. The molecule has 5 nitrogen and oxygen atoms in total. The second-order valence-corrected chi connectivity index (χ2v) is 5.27. The van der Waals surface area contributed by atoms with Gasteiger partial charge in [0.25, 0.3) is 0 Å². The molecule has 0 heterocycles. The lowest BCUT2D eigenvalue weighted by Crippen LogP contribution is -2.54. The molecule has 1 rings (SSSR count). The number of primary amides is 1. The number of nitrogens with one attached hydrogen (secondary N) is 1. The molecular formula is C11H21N3O2. The topological polar surface area (TPSA) is 98.2 Å². The van der Waals surface area contributed by atoms with Crippen molar-refractivity contribution in [3.63, 3.8) is 0 Å². The van der Waals surface area contributed by atoms with E-state index in [1.165, 1.54) is 0 Å². The third-order valence-electron chi connectivity index (χ3n) is 3.45. The van der Waals surface area contributed by atoms with Gasteiger partial charge in [-0.2, -0.15) is 0 Å². The van der Waals surface area contributed by atoms with E-state index in [1.54, 1.807) is 13.8 Å². The molecule has 92 valence electrons. The van der Waals surface area contributed by atoms with Crippen LogP contribution in [0.4, 0.5) is 0 Å². The van der Waals surface area contributed by atoms with E-state index in [1.807, 2.05) is 0 Å². The summed E-state index contributed by atoms with van der Waals surface area (Å²) < 4.78 is 0. The fraction of sp³-hybridized carbons (Fsp3) is 0.818. The molecule has 0 saturated heterocycles. The minimum Gasteiger partial charge on any atom is -0.368 e. The summed E-state index contributed by atoms with van der Waals surface area (Å²) in [5.74, 6) is -0.676. The van der Waals surface area contributed by atoms with Gasteiger partial charge in [-0.1, -0.05) is 6.42 Å². The second-order valence-electron chi connectivity index (χ2n) is 5.27. The molecular weight excluding hydrogens is 206 g/mol. The van der Waals surface area contributed by atoms with E-state index in [2.05, 4.69) is 5.32 Å². The van der Waals surface area contributed by atoms with E-state index in [0.717, 1.165) is 19.3 Å². The molecule has 0 aliphatic heterocycles. The molecule has 0 aromatic rings. The van der Waals surface area contributed by atoms with Crippen LogP contribution < -0.4 is 16.8 Å². The third-order valence-corrected chi connectivity index (χ3v) is 3.45. The van der Waals surface area contributed by atoms with Crippen LogP contribution in [0.5, 0.6) is 0 Å². The molecule has 1 aliphatic carbocycles. The summed E-state index contributed by atoms with van der Waals surface area (Å²) in [6.45, 7) is 3.73. The number of rotatable bonds is 5. The largest absolute Gasteiger partial charge is 0.368 e. The van der Waals surface area contributed by atoms with Crippen molar-refractivity contribution < 1.29 is 9.59 Å². The molecule has 1 fully saturated rings. The van der Waals surface area contributed by atoms with Gasteiger partial charge >= 0.3 is 0 Å². The Hall–Kier alpha value is -1.10. The maximum Gasteiger partial charge on any atom is 0.242 e. The van der Waals surface area contributed by atoms with Crippen molar-refractivity contribution in [2.24, 2.45) is 16.9 Å². The van der Waals surface area contributed by atoms with Crippen LogP contribution in [0.2, 0.25) is 0 Å². The Balaban J connectivity index is 2.50. The summed E-state index contributed by atoms with van der Waals surface area (Å²) in [5, 5.41) is 2.64. The molecule has 5 heteroatoms. The molecule has 5 N–H and O–H groups in total. The predicted molar refractivity (Wildman–Crippen MR) is 61.4 cm³/mol. The summed E-state index contributed by atoms with van der Waals surface area (Å²) in [5.41, 5.74) is 9.82. The Kier molecular flexibility index (Phi) is 3.57. The fourth-order valence-corrected chi connectivity index (χ4v) is 1.92. The van der Waals surface area contributed by atoms with Crippen LogP contribution >= 0.6 is 0 Å². The van der Waals surface area contributed by atoms with Gasteiger partial charge in [-0.15, -0.1) is 0 Å². The zero-order valence-corrected chi connectivity index (χ0v) is 10.0. The summed E-state index contributed by atoms with van der Waals surface area (Å²) in [6, 6.07) is 0. The van der Waals surface area contributed by atoms with Gasteiger partial charge in [0, 0.05) is 6.42 Å². The highest BCUT2D eigenvalue weighted by molar-refractivity contribution is 5.89. The molecule has 0 aromatic heterocycles. The quantitative estimate of drug-likeness (QED) is 0.611. The van der Waals surface area contributed by atoms with E-state index in [9.17, 15) is 9.59 Å². The zero-order chi connectivity index (χ0) is 12.4. The van der Waals surface area contributed by atoms with Crippen LogP contribution in [0.1, 0.15) is 39.5 Å². The van der Waals surface area contributed by atoms with Gasteiger partial charge in [-0.3, -0.25) is 9.59 Å². The summed E-state index contributed by atoms with van der Waals surface area (Å²) in [4.78, 5) is 22.8. The molecule has 0 spiro atoms. The summed E-state index contributed by atoms with van der Waals surface area (Å²) in [6.07, 6.45) is 3.51. The lowest BCUT2D eigenvalue weighted by Gasteiger charge is -2.41. The Morgan fingerprint density at radius 3 is 2.25 bits per heavy atom. The maximum atomic E-state index is 11.8. The van der Waals surface area contributed by atoms with E-state index < -0.39 is 11.4 Å². The van der Waals surface area contributed by atoms with Crippen LogP contribution in [0.25, 0.3) is 0 Å². The fourth-order valence-electron chi connectivity index (χ4n) is 1.92. The van der Waals surface area contributed by atoms with Crippen LogP contribution in [-0.4, -0.2) is 23.9 Å². The lowest BCUT2D eigenvalue weighted by atomic mass is 9.66. The zero-order valence-electron chi connectivity index (χ0n) is 10.0. The average molecular weight is 227 g/mol. The Bertz CT molecular complexity index is 290. The van der Waals surface area contributed by atoms with E-state index >= 15 is 0 Å². The van der Waals surface area contributed by atoms with Gasteiger partial charge in [-0.05, 0) is 38.6 Å². The minimum absolute atomic E-state index is 0.0438. The van der Waals surface area contributed by atoms with Crippen LogP contribution in [0.3, 0.4) is 0 Å². The third kappa shape index (κ3) is 2.72. The van der Waals surface area contributed by atoms with Gasteiger partial charge in [0.1, 0.15) is 5.54 Å². The standard InChI is InChI=1S/C11H21N3O2/c1-10(2,9(13)16)14-8(15)6-11(7-12)4-3-5-11/h3-7,12H2,1-2H3,(H2,13,16)(H,14,15). The molecule has 16 heavy (non-hydrogen) atoms. The number of nitrogens with two attached hydrogens (primary N) is 2. The highest BCUT2D eigenvalue weighted by Crippen LogP contribution is 2.42. The van der Waals surface area contributed by atoms with Crippen LogP contribution in [0, 0.1) is 5.41 Å². The van der Waals surface area contributed by atoms with Gasteiger partial charge in [0.05, 0.1) is 0 Å². The van der Waals surface area contributed by atoms with Crippen molar-refractivity contribution in [3.8, 4) is 0 Å². The second kappa shape index (κ2) is 4.41. The molecule has 1 aliphatic rings. The van der Waals surface area contributed by atoms with Crippen molar-refractivity contribution in [2.45, 2.75) is 45.1 Å². The molecule has 0 atom stereocenters. The number of carbonyl (C=O) groups excluding carboxylic acids is 2. The van der Waals surface area contributed by atoms with E-state index in [0.29, 0.717) is 13.0 Å². The first-order valence-electron chi connectivity index (χ1n) is 5.62. The molecule has 0 bridgehead atoms. The average Bonchev–Trinajstić information content (AvgIpc) is 2.10. The Morgan fingerprint density at radius 1 is 1.38 bits per heavy atom. The van der Waals surface area contributed by atoms with Gasteiger partial charge in [0.2, 0.25) is 11.8 Å². The summed E-state index contributed by atoms with van der Waals surface area (Å²) in [7, 11) is 0. The van der Waals surface area contributed by atoms with Crippen molar-refractivity contribution in [2.75, 3.05) is 6.54 Å². The SMILES string of the molecule is CC(C)(NC(=O)CC1(CN)CCC1)C(N)=O. The van der Waals surface area contributed by atoms with E-state index in [4.69, 9.17) is 11.5 Å². The number of hydrogen-bond donors (Lipinski definition) is 3. The smallest absolute Gasteiger partial charge is 0.242 e. The van der Waals surface area contributed by atoms with Crippen molar-refractivity contribution >= 4 is 11.8 Å². The number of carbonyl (C=O) groups is 2. The number of hydrogen-bond acceptors (Lipinski definition) is 3. The first-order chi connectivity index (χ1) is 7.31. The molecule has 0 aromatic carbocycles. The highest BCUT2D eigenvalue weighted by atomic mass is 16.2. The molecule has 0 radical (unpaired) electrons. The first kappa shape index (κ1) is 13.0. The van der Waals surface area contributed by atoms with Crippen molar-refractivity contribution in [3.05, 3.63) is 0 Å². The first-order valence-corrected chi connectivity index (χ1v) is 5.62. The van der Waals surface area contributed by atoms with Gasteiger partial charge in [-0.25, -0.2) is 0 Å². The van der Waals surface area contributed by atoms with E-state index in [-0.39, 0.29) is 11.3 Å². The van der Waals surface area contributed by atoms with Crippen LogP contribution in [-0.2, 0) is 9.59 Å². The molecule has 2 amide bonds. The lowest BCUT2D eigenvalue weighted by molar-refractivity contribution is -0.132. The van der Waals surface area contributed by atoms with Gasteiger partial charge < -0.3 is 16.8 Å². The predicted octanol–water partition coefficient (Wildman–Crippen LogP) is -0.114. The normalized spacial score (nSPS) is 18.7. The summed E-state index contributed by atoms with van der Waals surface area (Å²) >= 11 is 0. The van der Waals surface area contributed by atoms with Crippen molar-refractivity contribution in [1.82, 2.24) is 5.32 Å². The van der Waals surface area contributed by atoms with Gasteiger partial charge in [0.15, 0.2) is 0 Å². The molecule has 1 saturated carbocycles.